The van der Waals surface area contributed by atoms with Crippen molar-refractivity contribution in [3.05, 3.63) is 33.1 Å². The molecular weight excluding hydrogens is 190 g/mol. The van der Waals surface area contributed by atoms with E-state index in [-0.39, 0.29) is 6.42 Å². The molecule has 0 saturated heterocycles. The average molecular weight is 199 g/mol. The molecule has 1 aromatic rings. The van der Waals surface area contributed by atoms with Crippen molar-refractivity contribution >= 4 is 5.97 Å². The summed E-state index contributed by atoms with van der Waals surface area (Å²) in [5.41, 5.74) is 4.14. The lowest BCUT2D eigenvalue weighted by molar-refractivity contribution is -0.137. The Labute approximate surface area is 77.8 Å². The van der Waals surface area contributed by atoms with Crippen molar-refractivity contribution in [3.63, 3.8) is 0 Å². The number of hydrogen-bond acceptors (Lipinski definition) is 4. The van der Waals surface area contributed by atoms with Crippen LogP contribution in [0.15, 0.2) is 21.9 Å². The number of nitrogens with two attached hydrogens (primary N) is 1. The average Bonchev–Trinajstić information content (AvgIpc) is 2.01. The highest BCUT2D eigenvalue weighted by Gasteiger charge is 2.10. The van der Waals surface area contributed by atoms with Crippen LogP contribution in [-0.2, 0) is 4.79 Å². The van der Waals surface area contributed by atoms with Crippen molar-refractivity contribution < 1.29 is 9.90 Å². The zero-order valence-corrected chi connectivity index (χ0v) is 7.14. The minimum atomic E-state index is -1.12. The summed E-state index contributed by atoms with van der Waals surface area (Å²) in [7, 11) is 0. The van der Waals surface area contributed by atoms with Gasteiger partial charge in [-0.05, 0) is 0 Å². The fourth-order valence-corrected chi connectivity index (χ4v) is 0.966. The first-order chi connectivity index (χ1) is 6.50. The number of aromatic nitrogens is 2. The molecule has 4 N–H and O–H groups in total. The molecule has 14 heavy (non-hydrogen) atoms. The number of rotatable bonds is 3. The Hall–Kier alpha value is -1.89. The SMILES string of the molecule is N[C@H](CC(=O)O)n1ccc(=O)[nH]c1=O. The van der Waals surface area contributed by atoms with Gasteiger partial charge >= 0.3 is 11.7 Å². The van der Waals surface area contributed by atoms with Crippen LogP contribution < -0.4 is 17.0 Å². The maximum Gasteiger partial charge on any atom is 0.329 e. The number of nitrogens with one attached hydrogen (secondary N) is 1. The van der Waals surface area contributed by atoms with Crippen molar-refractivity contribution in [2.75, 3.05) is 0 Å². The summed E-state index contributed by atoms with van der Waals surface area (Å²) in [4.78, 5) is 34.0. The molecule has 7 heteroatoms. The first-order valence-electron chi connectivity index (χ1n) is 3.79. The number of nitrogens with zero attached hydrogens (tertiary/aromatic N) is 1. The van der Waals surface area contributed by atoms with E-state index in [2.05, 4.69) is 0 Å². The molecule has 0 unspecified atom stereocenters. The van der Waals surface area contributed by atoms with Crippen molar-refractivity contribution in [1.29, 1.82) is 0 Å². The van der Waals surface area contributed by atoms with Gasteiger partial charge in [-0.3, -0.25) is 19.1 Å². The van der Waals surface area contributed by atoms with Gasteiger partial charge in [-0.15, -0.1) is 0 Å². The first-order valence-corrected chi connectivity index (χ1v) is 3.79. The minimum absolute atomic E-state index is 0.383. The largest absolute Gasteiger partial charge is 0.481 e. The first kappa shape index (κ1) is 10.2. The van der Waals surface area contributed by atoms with Crippen molar-refractivity contribution in [2.45, 2.75) is 12.6 Å². The number of aliphatic carboxylic acids is 1. The Morgan fingerprint density at radius 2 is 2.29 bits per heavy atom. The van der Waals surface area contributed by atoms with E-state index in [9.17, 15) is 14.4 Å². The van der Waals surface area contributed by atoms with Crippen LogP contribution >= 0.6 is 0 Å². The van der Waals surface area contributed by atoms with E-state index in [0.717, 1.165) is 16.8 Å². The second-order valence-electron chi connectivity index (χ2n) is 2.68. The van der Waals surface area contributed by atoms with E-state index in [1.807, 2.05) is 4.98 Å². The highest BCUT2D eigenvalue weighted by molar-refractivity contribution is 5.67. The molecule has 0 aromatic carbocycles. The second-order valence-corrected chi connectivity index (χ2v) is 2.68. The van der Waals surface area contributed by atoms with Gasteiger partial charge in [0.2, 0.25) is 0 Å². The minimum Gasteiger partial charge on any atom is -0.481 e. The summed E-state index contributed by atoms with van der Waals surface area (Å²) in [6, 6.07) is 1.10. The van der Waals surface area contributed by atoms with Crippen LogP contribution in [0, 0.1) is 0 Å². The van der Waals surface area contributed by atoms with Crippen molar-refractivity contribution in [1.82, 2.24) is 9.55 Å². The highest BCUT2D eigenvalue weighted by Crippen LogP contribution is 1.98. The standard InChI is InChI=1S/C7H9N3O4/c8-4(3-6(12)13)10-2-1-5(11)9-7(10)14/h1-2,4H,3,8H2,(H,12,13)(H,9,11,14)/t4-/m0/s1. The molecular formula is C7H9N3O4. The molecule has 0 amide bonds. The van der Waals surface area contributed by atoms with E-state index >= 15 is 0 Å². The number of carboxylic acids is 1. The molecule has 0 saturated carbocycles. The summed E-state index contributed by atoms with van der Waals surface area (Å²) >= 11 is 0. The molecule has 0 aliphatic heterocycles. The fraction of sp³-hybridized carbons (Fsp3) is 0.286. The Morgan fingerprint density at radius 1 is 1.64 bits per heavy atom. The van der Waals surface area contributed by atoms with E-state index in [4.69, 9.17) is 10.8 Å². The smallest absolute Gasteiger partial charge is 0.329 e. The lowest BCUT2D eigenvalue weighted by Gasteiger charge is -2.10. The molecule has 0 aliphatic carbocycles. The van der Waals surface area contributed by atoms with Gasteiger partial charge in [-0.1, -0.05) is 0 Å². The molecule has 1 heterocycles. The highest BCUT2D eigenvalue weighted by atomic mass is 16.4. The number of carboxylic acid groups (broad SMARTS) is 1. The predicted molar refractivity (Wildman–Crippen MR) is 46.8 cm³/mol. The van der Waals surface area contributed by atoms with Gasteiger partial charge in [0.05, 0.1) is 12.6 Å². The van der Waals surface area contributed by atoms with E-state index in [0.29, 0.717) is 0 Å². The zero-order valence-electron chi connectivity index (χ0n) is 7.14. The summed E-state index contributed by atoms with van der Waals surface area (Å²) in [5, 5.41) is 8.42. The van der Waals surface area contributed by atoms with E-state index < -0.39 is 23.4 Å². The molecule has 0 spiro atoms. The Morgan fingerprint density at radius 3 is 2.79 bits per heavy atom. The number of hydrogen-bond donors (Lipinski definition) is 3. The van der Waals surface area contributed by atoms with Gasteiger partial charge in [0.1, 0.15) is 0 Å². The van der Waals surface area contributed by atoms with Gasteiger partial charge in [-0.2, -0.15) is 0 Å². The molecule has 76 valence electrons. The molecule has 0 radical (unpaired) electrons. The number of H-pyrrole nitrogens is 1. The molecule has 0 bridgehead atoms. The molecule has 0 aliphatic rings. The quantitative estimate of drug-likeness (QED) is 0.545. The number of carbonyl (C=O) groups is 1. The third-order valence-electron chi connectivity index (χ3n) is 1.59. The Kier molecular flexibility index (Phi) is 2.82. The second kappa shape index (κ2) is 3.88. The predicted octanol–water partition coefficient (Wildman–Crippen LogP) is -1.53. The topological polar surface area (TPSA) is 118 Å². The van der Waals surface area contributed by atoms with E-state index in [1.165, 1.54) is 0 Å². The summed E-state index contributed by atoms with van der Waals surface area (Å²) < 4.78 is 0.954. The van der Waals surface area contributed by atoms with Crippen LogP contribution in [0.2, 0.25) is 0 Å². The third kappa shape index (κ3) is 2.30. The van der Waals surface area contributed by atoms with E-state index in [1.54, 1.807) is 0 Å². The zero-order chi connectivity index (χ0) is 10.7. The summed E-state index contributed by atoms with van der Waals surface area (Å²) in [5.74, 6) is -1.12. The third-order valence-corrected chi connectivity index (χ3v) is 1.59. The van der Waals surface area contributed by atoms with Crippen LogP contribution in [0.5, 0.6) is 0 Å². The van der Waals surface area contributed by atoms with Gasteiger partial charge in [0, 0.05) is 12.3 Å². The van der Waals surface area contributed by atoms with Crippen LogP contribution in [0.4, 0.5) is 0 Å². The maximum atomic E-state index is 11.1. The van der Waals surface area contributed by atoms with Gasteiger partial charge in [0.15, 0.2) is 0 Å². The molecule has 0 fully saturated rings. The summed E-state index contributed by atoms with van der Waals surface area (Å²) in [6.07, 6.45) is -0.197. The lowest BCUT2D eigenvalue weighted by Crippen LogP contribution is -2.35. The van der Waals surface area contributed by atoms with Crippen LogP contribution in [0.25, 0.3) is 0 Å². The lowest BCUT2D eigenvalue weighted by atomic mass is 10.3. The molecule has 1 rings (SSSR count). The maximum absolute atomic E-state index is 11.1. The monoisotopic (exact) mass is 199 g/mol. The normalized spacial score (nSPS) is 12.4. The molecule has 1 aromatic heterocycles. The fourth-order valence-electron chi connectivity index (χ4n) is 0.966. The molecule has 1 atom stereocenters. The van der Waals surface area contributed by atoms with Gasteiger partial charge in [0.25, 0.3) is 5.56 Å². The van der Waals surface area contributed by atoms with Gasteiger partial charge in [-0.25, -0.2) is 4.79 Å². The van der Waals surface area contributed by atoms with Crippen LogP contribution in [0.1, 0.15) is 12.6 Å². The number of aromatic amines is 1. The Bertz CT molecular complexity index is 447. The Balaban J connectivity index is 3.02. The van der Waals surface area contributed by atoms with Crippen LogP contribution in [-0.4, -0.2) is 20.6 Å². The van der Waals surface area contributed by atoms with Crippen molar-refractivity contribution in [3.8, 4) is 0 Å². The molecule has 7 nitrogen and oxygen atoms in total. The van der Waals surface area contributed by atoms with Gasteiger partial charge < -0.3 is 10.8 Å². The summed E-state index contributed by atoms with van der Waals surface area (Å²) in [6.45, 7) is 0. The van der Waals surface area contributed by atoms with Crippen molar-refractivity contribution in [2.24, 2.45) is 5.73 Å². The van der Waals surface area contributed by atoms with Crippen LogP contribution in [0.3, 0.4) is 0 Å².